The van der Waals surface area contributed by atoms with Crippen LogP contribution in [0.4, 0.5) is 0 Å². The fraction of sp³-hybridized carbons (Fsp3) is 0.357. The van der Waals surface area contributed by atoms with E-state index in [2.05, 4.69) is 15.3 Å². The van der Waals surface area contributed by atoms with E-state index in [-0.39, 0.29) is 18.0 Å². The van der Waals surface area contributed by atoms with E-state index in [0.717, 1.165) is 0 Å². The van der Waals surface area contributed by atoms with Gasteiger partial charge in [-0.2, -0.15) is 0 Å². The molecule has 2 aromatic rings. The number of carbonyl (C=O) groups excluding carboxylic acids is 1. The summed E-state index contributed by atoms with van der Waals surface area (Å²) < 4.78 is 0. The van der Waals surface area contributed by atoms with Crippen LogP contribution < -0.4 is 10.9 Å². The standard InChI is InChI=1S/C14H17N3O4/c1-7-16-11-4-3-9(5-10(11)14(21)17-7)13(20)12(19)6-15-8(2)18/h3-5,12-13,19-20H,6H2,1-2H3,(H,15,18)(H,16,17,21). The molecule has 112 valence electrons. The molecule has 0 spiro atoms. The van der Waals surface area contributed by atoms with E-state index in [4.69, 9.17) is 0 Å². The van der Waals surface area contributed by atoms with Crippen LogP contribution in [0.2, 0.25) is 0 Å². The molecule has 0 fully saturated rings. The van der Waals surface area contributed by atoms with Gasteiger partial charge in [0.05, 0.1) is 10.9 Å². The molecule has 21 heavy (non-hydrogen) atoms. The molecule has 0 aliphatic carbocycles. The molecule has 0 saturated carbocycles. The SMILES string of the molecule is CC(=O)NCC(O)C(O)c1ccc2nc(C)[nH]c(=O)c2c1. The molecule has 0 radical (unpaired) electrons. The van der Waals surface area contributed by atoms with Crippen LogP contribution in [0.3, 0.4) is 0 Å². The van der Waals surface area contributed by atoms with E-state index in [0.29, 0.717) is 22.3 Å². The van der Waals surface area contributed by atoms with Crippen LogP contribution in [0.5, 0.6) is 0 Å². The molecule has 1 heterocycles. The molecule has 1 aromatic heterocycles. The Hall–Kier alpha value is -2.25. The molecule has 4 N–H and O–H groups in total. The number of aromatic amines is 1. The number of aliphatic hydroxyl groups is 2. The molecule has 7 heteroatoms. The third-order valence-corrected chi connectivity index (χ3v) is 3.11. The third kappa shape index (κ3) is 3.45. The number of H-pyrrole nitrogens is 1. The first-order chi connectivity index (χ1) is 9.88. The van der Waals surface area contributed by atoms with Crippen molar-refractivity contribution in [2.24, 2.45) is 0 Å². The van der Waals surface area contributed by atoms with E-state index in [9.17, 15) is 19.8 Å². The molecule has 0 bridgehead atoms. The van der Waals surface area contributed by atoms with Crippen molar-refractivity contribution in [1.82, 2.24) is 15.3 Å². The summed E-state index contributed by atoms with van der Waals surface area (Å²) in [6.45, 7) is 2.93. The summed E-state index contributed by atoms with van der Waals surface area (Å²) in [5.74, 6) is 0.211. The molecule has 1 aromatic carbocycles. The van der Waals surface area contributed by atoms with Gasteiger partial charge in [-0.1, -0.05) is 6.07 Å². The first kappa shape index (κ1) is 15.1. The third-order valence-electron chi connectivity index (χ3n) is 3.11. The largest absolute Gasteiger partial charge is 0.388 e. The van der Waals surface area contributed by atoms with Gasteiger partial charge in [0, 0.05) is 13.5 Å². The van der Waals surface area contributed by atoms with Crippen LogP contribution >= 0.6 is 0 Å². The Morgan fingerprint density at radius 3 is 2.81 bits per heavy atom. The van der Waals surface area contributed by atoms with E-state index < -0.39 is 12.2 Å². The second-order valence-corrected chi connectivity index (χ2v) is 4.88. The Bertz CT molecular complexity index is 726. The van der Waals surface area contributed by atoms with Gasteiger partial charge in [-0.25, -0.2) is 4.98 Å². The van der Waals surface area contributed by atoms with Crippen LogP contribution in [-0.4, -0.2) is 38.7 Å². The van der Waals surface area contributed by atoms with Crippen molar-refractivity contribution >= 4 is 16.8 Å². The van der Waals surface area contributed by atoms with Crippen molar-refractivity contribution < 1.29 is 15.0 Å². The fourth-order valence-electron chi connectivity index (χ4n) is 2.04. The monoisotopic (exact) mass is 291 g/mol. The van der Waals surface area contributed by atoms with Gasteiger partial charge in [-0.3, -0.25) is 9.59 Å². The number of hydrogen-bond acceptors (Lipinski definition) is 5. The zero-order chi connectivity index (χ0) is 15.6. The van der Waals surface area contributed by atoms with Gasteiger partial charge in [0.1, 0.15) is 18.0 Å². The van der Waals surface area contributed by atoms with Crippen LogP contribution in [0, 0.1) is 6.92 Å². The molecule has 7 nitrogen and oxygen atoms in total. The molecule has 2 rings (SSSR count). The zero-order valence-corrected chi connectivity index (χ0v) is 11.8. The predicted molar refractivity (Wildman–Crippen MR) is 76.8 cm³/mol. The van der Waals surface area contributed by atoms with E-state index >= 15 is 0 Å². The van der Waals surface area contributed by atoms with E-state index in [1.807, 2.05) is 0 Å². The van der Waals surface area contributed by atoms with Gasteiger partial charge in [0.25, 0.3) is 5.56 Å². The number of carbonyl (C=O) groups is 1. The van der Waals surface area contributed by atoms with Gasteiger partial charge < -0.3 is 20.5 Å². The smallest absolute Gasteiger partial charge is 0.258 e. The molecule has 1 amide bonds. The van der Waals surface area contributed by atoms with Crippen LogP contribution in [0.25, 0.3) is 10.9 Å². The first-order valence-corrected chi connectivity index (χ1v) is 6.49. The van der Waals surface area contributed by atoms with Crippen LogP contribution in [0.1, 0.15) is 24.4 Å². The second kappa shape index (κ2) is 6.02. The second-order valence-electron chi connectivity index (χ2n) is 4.88. The lowest BCUT2D eigenvalue weighted by Gasteiger charge is -2.18. The van der Waals surface area contributed by atoms with Crippen LogP contribution in [0.15, 0.2) is 23.0 Å². The highest BCUT2D eigenvalue weighted by molar-refractivity contribution is 5.78. The number of aryl methyl sites for hydroxylation is 1. The summed E-state index contributed by atoms with van der Waals surface area (Å²) in [4.78, 5) is 29.4. The van der Waals surface area contributed by atoms with Gasteiger partial charge in [-0.15, -0.1) is 0 Å². The number of benzene rings is 1. The fourth-order valence-corrected chi connectivity index (χ4v) is 2.04. The van der Waals surface area contributed by atoms with Crippen molar-refractivity contribution in [3.8, 4) is 0 Å². The maximum atomic E-state index is 11.9. The molecule has 2 unspecified atom stereocenters. The average Bonchev–Trinajstić information content (AvgIpc) is 2.43. The van der Waals surface area contributed by atoms with Gasteiger partial charge >= 0.3 is 0 Å². The zero-order valence-electron chi connectivity index (χ0n) is 11.8. The highest BCUT2D eigenvalue weighted by atomic mass is 16.3. The lowest BCUT2D eigenvalue weighted by Crippen LogP contribution is -2.34. The van der Waals surface area contributed by atoms with Crippen molar-refractivity contribution in [3.05, 3.63) is 39.9 Å². The van der Waals surface area contributed by atoms with Crippen molar-refractivity contribution in [2.45, 2.75) is 26.1 Å². The van der Waals surface area contributed by atoms with Crippen molar-refractivity contribution in [3.63, 3.8) is 0 Å². The normalized spacial score (nSPS) is 13.9. The number of hydrogen-bond donors (Lipinski definition) is 4. The topological polar surface area (TPSA) is 115 Å². The Morgan fingerprint density at radius 2 is 2.14 bits per heavy atom. The summed E-state index contributed by atoms with van der Waals surface area (Å²) in [7, 11) is 0. The predicted octanol–water partition coefficient (Wildman–Crippen LogP) is -0.238. The Kier molecular flexibility index (Phi) is 4.35. The molecule has 2 atom stereocenters. The highest BCUT2D eigenvalue weighted by Gasteiger charge is 2.19. The molecule has 0 aliphatic heterocycles. The minimum Gasteiger partial charge on any atom is -0.388 e. The average molecular weight is 291 g/mol. The van der Waals surface area contributed by atoms with E-state index in [1.54, 1.807) is 19.1 Å². The number of fused-ring (bicyclic) bond motifs is 1. The number of nitrogens with one attached hydrogen (secondary N) is 2. The van der Waals surface area contributed by atoms with Gasteiger partial charge in [0.2, 0.25) is 5.91 Å². The number of aromatic nitrogens is 2. The maximum Gasteiger partial charge on any atom is 0.258 e. The van der Waals surface area contributed by atoms with E-state index in [1.165, 1.54) is 13.0 Å². The highest BCUT2D eigenvalue weighted by Crippen LogP contribution is 2.20. The number of nitrogens with zero attached hydrogens (tertiary/aromatic N) is 1. The number of amides is 1. The maximum absolute atomic E-state index is 11.9. The minimum atomic E-state index is -1.21. The van der Waals surface area contributed by atoms with Crippen molar-refractivity contribution in [1.29, 1.82) is 0 Å². The van der Waals surface area contributed by atoms with Gasteiger partial charge in [0.15, 0.2) is 0 Å². The molecular formula is C14H17N3O4. The lowest BCUT2D eigenvalue weighted by molar-refractivity contribution is -0.119. The van der Waals surface area contributed by atoms with Crippen molar-refractivity contribution in [2.75, 3.05) is 6.54 Å². The summed E-state index contributed by atoms with van der Waals surface area (Å²) in [5, 5.41) is 22.7. The first-order valence-electron chi connectivity index (χ1n) is 6.49. The number of aliphatic hydroxyl groups excluding tert-OH is 2. The Labute approximate surface area is 120 Å². The lowest BCUT2D eigenvalue weighted by atomic mass is 10.0. The Balaban J connectivity index is 2.30. The summed E-state index contributed by atoms with van der Waals surface area (Å²) in [6, 6.07) is 4.69. The molecular weight excluding hydrogens is 274 g/mol. The molecule has 0 aliphatic rings. The minimum absolute atomic E-state index is 0.0724. The Morgan fingerprint density at radius 1 is 1.43 bits per heavy atom. The summed E-state index contributed by atoms with van der Waals surface area (Å²) in [6.07, 6.45) is -2.37. The summed E-state index contributed by atoms with van der Waals surface area (Å²) >= 11 is 0. The van der Waals surface area contributed by atoms with Gasteiger partial charge in [-0.05, 0) is 24.6 Å². The quantitative estimate of drug-likeness (QED) is 0.620. The van der Waals surface area contributed by atoms with Crippen LogP contribution in [-0.2, 0) is 4.79 Å². The number of rotatable bonds is 4. The molecule has 0 saturated heterocycles. The summed E-state index contributed by atoms with van der Waals surface area (Å²) in [5.41, 5.74) is 0.600.